The third-order valence-corrected chi connectivity index (χ3v) is 19.6. The lowest BCUT2D eigenvalue weighted by Gasteiger charge is -2.18. The fourth-order valence-electron chi connectivity index (χ4n) is 13.8. The van der Waals surface area contributed by atoms with Crippen molar-refractivity contribution < 1.29 is 27.4 Å². The summed E-state index contributed by atoms with van der Waals surface area (Å²) in [6, 6.07) is 78.4. The molecule has 6 nitrogen and oxygen atoms in total. The first-order valence-corrected chi connectivity index (χ1v) is 39.0. The van der Waals surface area contributed by atoms with Crippen LogP contribution in [0.2, 0.25) is 0 Å². The van der Waals surface area contributed by atoms with Crippen molar-refractivity contribution in [3.05, 3.63) is 322 Å². The minimum absolute atomic E-state index is 0.322. The predicted octanol–water partition coefficient (Wildman–Crippen LogP) is 22.2. The topological polar surface area (TPSA) is 23.3 Å². The van der Waals surface area contributed by atoms with E-state index in [-0.39, 0.29) is 0 Å². The molecule has 0 spiro atoms. The van der Waals surface area contributed by atoms with Crippen molar-refractivity contribution in [2.75, 3.05) is 0 Å². The molecule has 0 amide bonds. The van der Waals surface area contributed by atoms with Gasteiger partial charge in [-0.05, 0) is 206 Å². The van der Waals surface area contributed by atoms with Crippen LogP contribution in [0.4, 0.5) is 0 Å². The number of pyridine rings is 6. The molecule has 0 saturated carbocycles. The summed E-state index contributed by atoms with van der Waals surface area (Å²) in [5.41, 5.74) is 32.6. The van der Waals surface area contributed by atoms with Gasteiger partial charge in [0.2, 0.25) is 34.2 Å². The molecule has 0 saturated heterocycles. The first kappa shape index (κ1) is 84.5. The highest BCUT2D eigenvalue weighted by Crippen LogP contribution is 2.29. The maximum atomic E-state index is 2.33. The van der Waals surface area contributed by atoms with Crippen LogP contribution < -0.4 is 27.4 Å². The number of nitrogens with zero attached hydrogens (tertiary/aromatic N) is 6. The number of aryl methyl sites for hydroxylation is 13. The van der Waals surface area contributed by atoms with Gasteiger partial charge in [0.1, 0.15) is 42.3 Å². The van der Waals surface area contributed by atoms with E-state index >= 15 is 0 Å². The van der Waals surface area contributed by atoms with E-state index in [9.17, 15) is 0 Å². The summed E-state index contributed by atoms with van der Waals surface area (Å²) in [6.07, 6.45) is 18.7. The second kappa shape index (κ2) is 39.7. The zero-order valence-electron chi connectivity index (χ0n) is 70.2. The maximum absolute atomic E-state index is 2.33. The summed E-state index contributed by atoms with van der Waals surface area (Å²) in [6.45, 7) is 42.4. The Balaban J connectivity index is 0.000000179. The normalized spacial score (nSPS) is 11.1. The van der Waals surface area contributed by atoms with E-state index in [2.05, 4.69) is 457 Å². The third kappa shape index (κ3) is 25.7. The lowest BCUT2D eigenvalue weighted by molar-refractivity contribution is -0.661. The van der Waals surface area contributed by atoms with Crippen LogP contribution in [0.5, 0.6) is 0 Å². The Bertz CT molecular complexity index is 4840. The summed E-state index contributed by atoms with van der Waals surface area (Å²) in [4.78, 5) is 0. The summed E-state index contributed by atoms with van der Waals surface area (Å²) >= 11 is 0. The van der Waals surface area contributed by atoms with Gasteiger partial charge in [-0.15, -0.1) is 0 Å². The van der Waals surface area contributed by atoms with Crippen LogP contribution in [0.1, 0.15) is 163 Å². The monoisotopic (exact) mass is 1430 g/mol. The minimum atomic E-state index is 0.322. The molecule has 0 aliphatic rings. The first-order valence-electron chi connectivity index (χ1n) is 39.0. The number of hydrogen-bond acceptors (Lipinski definition) is 0. The Morgan fingerprint density at radius 1 is 0.271 bits per heavy atom. The van der Waals surface area contributed by atoms with E-state index in [0.717, 1.165) is 32.1 Å². The highest BCUT2D eigenvalue weighted by Gasteiger charge is 2.21. The largest absolute Gasteiger partial charge is 0.212 e. The van der Waals surface area contributed by atoms with E-state index in [1.165, 1.54) is 134 Å². The van der Waals surface area contributed by atoms with Gasteiger partial charge in [-0.2, -0.15) is 0 Å². The van der Waals surface area contributed by atoms with Gasteiger partial charge in [-0.25, -0.2) is 27.4 Å². The van der Waals surface area contributed by atoms with Crippen molar-refractivity contribution in [2.24, 2.45) is 65.0 Å². The molecule has 0 bridgehead atoms. The average molecular weight is 1430 g/mol. The summed E-state index contributed by atoms with van der Waals surface area (Å²) in [5, 5.41) is 0. The molecule has 107 heavy (non-hydrogen) atoms. The minimum Gasteiger partial charge on any atom is -0.201 e. The molecule has 0 aliphatic heterocycles. The van der Waals surface area contributed by atoms with Crippen LogP contribution in [0.3, 0.4) is 0 Å². The smallest absolute Gasteiger partial charge is 0.201 e. The van der Waals surface area contributed by atoms with Crippen LogP contribution in [0.25, 0.3) is 67.5 Å². The maximum Gasteiger partial charge on any atom is 0.212 e. The quantitative estimate of drug-likeness (QED) is 0.0969. The molecule has 6 heteroatoms. The third-order valence-electron chi connectivity index (χ3n) is 19.6. The van der Waals surface area contributed by atoms with Gasteiger partial charge in [0, 0.05) is 105 Å². The van der Waals surface area contributed by atoms with Crippen LogP contribution in [0, 0.1) is 64.2 Å². The number of aromatic nitrogens is 6. The summed E-state index contributed by atoms with van der Waals surface area (Å²) in [5.74, 6) is 1.97. The van der Waals surface area contributed by atoms with Gasteiger partial charge < -0.3 is 0 Å². The van der Waals surface area contributed by atoms with Gasteiger partial charge >= 0.3 is 0 Å². The first-order chi connectivity index (χ1) is 50.7. The summed E-state index contributed by atoms with van der Waals surface area (Å²) < 4.78 is 13.2. The second-order valence-electron chi connectivity index (χ2n) is 33.2. The Hall–Kier alpha value is -9.78. The zero-order chi connectivity index (χ0) is 78.3. The fraction of sp³-hybridized carbons (Fsp3) is 0.347. The Kier molecular flexibility index (Phi) is 31.4. The average Bonchev–Trinajstić information content (AvgIpc) is 0.849. The molecular weight excluding hydrogens is 1300 g/mol. The molecule has 0 unspecified atom stereocenters. The standard InChI is InChI=1S/2C18H24N.2C17H22N.C16H20N.C15H18N/c1-14-8-6-7-9-16(14)17-12-15(10-11-19(17)5)13-18(2,3)4;1-14-8-6-7-9-16(14)17-11-10-15(13-19(17)5)12-18(2,3)4;1-13(2)11-15-9-10-18(4)17(12-15)16-8-6-5-7-14(16)3;1-13(2)11-15-9-10-17(18(4)12-15)16-8-6-5-7-14(16)3;1-12(2)14-9-10-17(4)16(11-14)15-8-6-5-7-13(15)3;1-4-13-9-10-16(3)15(11-13)14-8-6-5-7-12(14)2/h6-12H,13H2,1-5H3;6-11,13H,12H2,1-5H3;2*5-10,12-13H,11H2,1-4H3;5-12H,1-4H3;5-11H,4H2,1-3H3/q6*+1. The molecule has 0 N–H and O–H groups in total. The van der Waals surface area contributed by atoms with Crippen molar-refractivity contribution >= 4 is 0 Å². The van der Waals surface area contributed by atoms with Gasteiger partial charge in [0.05, 0.1) is 0 Å². The van der Waals surface area contributed by atoms with Crippen molar-refractivity contribution in [1.82, 2.24) is 0 Å². The predicted molar refractivity (Wildman–Crippen MR) is 454 cm³/mol. The van der Waals surface area contributed by atoms with Crippen molar-refractivity contribution in [3.63, 3.8) is 0 Å². The SMILES string of the molecule is CCc1cc[n+](C)c(-c2ccccc2C)c1.Cc1ccccc1-c1cc(C(C)C)cc[n+]1C.Cc1ccccc1-c1cc(CC(C)(C)C)cc[n+]1C.Cc1ccccc1-c1cc(CC(C)C)cc[n+]1C.Cc1ccccc1-c1ccc(CC(C)(C)C)c[n+]1C.Cc1ccccc1-c1ccc(CC(C)C)c[n+]1C. The van der Waals surface area contributed by atoms with Gasteiger partial charge in [-0.1, -0.05) is 199 Å². The van der Waals surface area contributed by atoms with Crippen molar-refractivity contribution in [3.8, 4) is 67.5 Å². The van der Waals surface area contributed by atoms with E-state index in [4.69, 9.17) is 0 Å². The van der Waals surface area contributed by atoms with Gasteiger partial charge in [0.25, 0.3) is 0 Å². The molecule has 558 valence electrons. The van der Waals surface area contributed by atoms with E-state index in [1.54, 1.807) is 0 Å². The van der Waals surface area contributed by atoms with E-state index in [1.807, 2.05) is 0 Å². The molecule has 0 fully saturated rings. The molecule has 0 aliphatic carbocycles. The molecular formula is C101H130N6+6. The van der Waals surface area contributed by atoms with Crippen molar-refractivity contribution in [2.45, 2.75) is 170 Å². The van der Waals surface area contributed by atoms with Gasteiger partial charge in [0.15, 0.2) is 37.2 Å². The number of rotatable bonds is 14. The van der Waals surface area contributed by atoms with E-state index < -0.39 is 0 Å². The molecule has 6 heterocycles. The highest BCUT2D eigenvalue weighted by atomic mass is 14.9. The molecule has 12 rings (SSSR count). The van der Waals surface area contributed by atoms with E-state index in [0.29, 0.717) is 28.6 Å². The molecule has 6 aromatic heterocycles. The Morgan fingerprint density at radius 2 is 0.542 bits per heavy atom. The molecule has 12 aromatic rings. The number of benzene rings is 6. The van der Waals surface area contributed by atoms with Crippen LogP contribution in [-0.4, -0.2) is 0 Å². The highest BCUT2D eigenvalue weighted by molar-refractivity contribution is 5.65. The Labute approximate surface area is 647 Å². The number of hydrogen-bond donors (Lipinski definition) is 0. The van der Waals surface area contributed by atoms with Gasteiger partial charge in [-0.3, -0.25) is 0 Å². The van der Waals surface area contributed by atoms with Crippen LogP contribution >= 0.6 is 0 Å². The molecule has 0 radical (unpaired) electrons. The van der Waals surface area contributed by atoms with Crippen LogP contribution in [-0.2, 0) is 74.4 Å². The summed E-state index contributed by atoms with van der Waals surface area (Å²) in [7, 11) is 12.7. The van der Waals surface area contributed by atoms with Crippen LogP contribution in [0.15, 0.2) is 256 Å². The second-order valence-corrected chi connectivity index (χ2v) is 33.2. The fourth-order valence-corrected chi connectivity index (χ4v) is 13.8. The molecule has 0 atom stereocenters. The zero-order valence-corrected chi connectivity index (χ0v) is 70.2. The molecule has 6 aromatic carbocycles. The van der Waals surface area contributed by atoms with Crippen molar-refractivity contribution in [1.29, 1.82) is 0 Å². The Morgan fingerprint density at radius 3 is 0.869 bits per heavy atom. The lowest BCUT2D eigenvalue weighted by Crippen LogP contribution is -2.32. The lowest BCUT2D eigenvalue weighted by atomic mass is 9.88.